The van der Waals surface area contributed by atoms with Crippen molar-refractivity contribution in [2.24, 2.45) is 11.1 Å². The molecule has 2 atom stereocenters. The second kappa shape index (κ2) is 5.01. The van der Waals surface area contributed by atoms with Gasteiger partial charge >= 0.3 is 0 Å². The van der Waals surface area contributed by atoms with Crippen molar-refractivity contribution in [3.05, 3.63) is 0 Å². The number of piperidine rings is 2. The molecule has 0 saturated carbocycles. The van der Waals surface area contributed by atoms with E-state index in [1.54, 1.807) is 0 Å². The van der Waals surface area contributed by atoms with E-state index in [1.165, 1.54) is 64.7 Å². The Morgan fingerprint density at radius 2 is 1.79 bits per heavy atom. The third kappa shape index (κ3) is 2.57. The maximum atomic E-state index is 6.26. The standard InChI is InChI=1S/C16H31N3/c1-15(2)5-10-19(11-6-15)16(13-17)7-9-18-8-3-4-14(18)12-16/h14H,3-13,17H2,1-2H3. The SMILES string of the molecule is CC1(C)CCN(C2(CN)CCN3CCCC3C2)CC1. The molecule has 3 heteroatoms. The summed E-state index contributed by atoms with van der Waals surface area (Å²) in [5.41, 5.74) is 7.12. The van der Waals surface area contributed by atoms with E-state index in [1.807, 2.05) is 0 Å². The van der Waals surface area contributed by atoms with Crippen molar-refractivity contribution >= 4 is 0 Å². The minimum atomic E-state index is 0.321. The van der Waals surface area contributed by atoms with E-state index < -0.39 is 0 Å². The van der Waals surface area contributed by atoms with Gasteiger partial charge in [0.2, 0.25) is 0 Å². The highest BCUT2D eigenvalue weighted by atomic mass is 15.3. The largest absolute Gasteiger partial charge is 0.329 e. The fourth-order valence-electron chi connectivity index (χ4n) is 4.50. The van der Waals surface area contributed by atoms with Gasteiger partial charge in [-0.25, -0.2) is 0 Å². The molecule has 0 spiro atoms. The highest BCUT2D eigenvalue weighted by Gasteiger charge is 2.45. The van der Waals surface area contributed by atoms with E-state index in [9.17, 15) is 0 Å². The first kappa shape index (κ1) is 13.8. The molecule has 0 aromatic rings. The van der Waals surface area contributed by atoms with Crippen molar-refractivity contribution in [3.63, 3.8) is 0 Å². The van der Waals surface area contributed by atoms with Crippen LogP contribution >= 0.6 is 0 Å². The summed E-state index contributed by atoms with van der Waals surface area (Å²) in [5, 5.41) is 0. The van der Waals surface area contributed by atoms with Gasteiger partial charge in [0.05, 0.1) is 0 Å². The van der Waals surface area contributed by atoms with Crippen LogP contribution < -0.4 is 5.73 Å². The lowest BCUT2D eigenvalue weighted by molar-refractivity contribution is -0.0205. The Morgan fingerprint density at radius 1 is 1.05 bits per heavy atom. The average molecular weight is 265 g/mol. The van der Waals surface area contributed by atoms with Crippen LogP contribution in [-0.4, -0.2) is 54.1 Å². The van der Waals surface area contributed by atoms with Gasteiger partial charge in [0.1, 0.15) is 0 Å². The second-order valence-corrected chi connectivity index (χ2v) is 7.87. The highest BCUT2D eigenvalue weighted by Crippen LogP contribution is 2.40. The molecule has 110 valence electrons. The maximum absolute atomic E-state index is 6.26. The maximum Gasteiger partial charge on any atom is 0.0358 e. The molecule has 3 aliphatic heterocycles. The third-order valence-corrected chi connectivity index (χ3v) is 6.15. The molecule has 0 aliphatic carbocycles. The summed E-state index contributed by atoms with van der Waals surface area (Å²) < 4.78 is 0. The number of hydrogen-bond acceptors (Lipinski definition) is 3. The Morgan fingerprint density at radius 3 is 2.47 bits per heavy atom. The van der Waals surface area contributed by atoms with Gasteiger partial charge in [0.25, 0.3) is 0 Å². The zero-order valence-corrected chi connectivity index (χ0v) is 12.8. The van der Waals surface area contributed by atoms with Crippen molar-refractivity contribution in [1.82, 2.24) is 9.80 Å². The molecule has 0 aromatic carbocycles. The van der Waals surface area contributed by atoms with Gasteiger partial charge in [0.15, 0.2) is 0 Å². The number of hydrogen-bond donors (Lipinski definition) is 1. The first-order chi connectivity index (χ1) is 9.05. The molecule has 3 nitrogen and oxygen atoms in total. The van der Waals surface area contributed by atoms with Crippen molar-refractivity contribution in [1.29, 1.82) is 0 Å². The summed E-state index contributed by atoms with van der Waals surface area (Å²) >= 11 is 0. The van der Waals surface area contributed by atoms with Gasteiger partial charge in [-0.2, -0.15) is 0 Å². The van der Waals surface area contributed by atoms with Crippen LogP contribution in [0.2, 0.25) is 0 Å². The molecule has 0 amide bonds. The van der Waals surface area contributed by atoms with Gasteiger partial charge in [-0.15, -0.1) is 0 Å². The molecule has 2 unspecified atom stereocenters. The molecule has 0 bridgehead atoms. The normalized spacial score (nSPS) is 40.3. The highest BCUT2D eigenvalue weighted by molar-refractivity contribution is 5.03. The van der Waals surface area contributed by atoms with Crippen LogP contribution in [-0.2, 0) is 0 Å². The Balaban J connectivity index is 1.69. The molecule has 3 fully saturated rings. The number of fused-ring (bicyclic) bond motifs is 1. The lowest BCUT2D eigenvalue weighted by Gasteiger charge is -2.53. The topological polar surface area (TPSA) is 32.5 Å². The van der Waals surface area contributed by atoms with Crippen molar-refractivity contribution in [2.75, 3.05) is 32.7 Å². The summed E-state index contributed by atoms with van der Waals surface area (Å²) in [7, 11) is 0. The Bertz CT molecular complexity index is 318. The van der Waals surface area contributed by atoms with Crippen molar-refractivity contribution in [3.8, 4) is 0 Å². The minimum absolute atomic E-state index is 0.321. The lowest BCUT2D eigenvalue weighted by atomic mass is 9.76. The first-order valence-electron chi connectivity index (χ1n) is 8.24. The van der Waals surface area contributed by atoms with Crippen LogP contribution in [0.15, 0.2) is 0 Å². The molecule has 2 N–H and O–H groups in total. The molecule has 3 aliphatic rings. The van der Waals surface area contributed by atoms with E-state index in [2.05, 4.69) is 23.6 Å². The molecular weight excluding hydrogens is 234 g/mol. The van der Waals surface area contributed by atoms with Gasteiger partial charge in [-0.1, -0.05) is 13.8 Å². The molecule has 0 radical (unpaired) electrons. The second-order valence-electron chi connectivity index (χ2n) is 7.87. The first-order valence-corrected chi connectivity index (χ1v) is 8.24. The molecule has 3 heterocycles. The summed E-state index contributed by atoms with van der Waals surface area (Å²) in [4.78, 5) is 5.47. The number of rotatable bonds is 2. The van der Waals surface area contributed by atoms with Crippen LogP contribution in [0.3, 0.4) is 0 Å². The zero-order chi connectivity index (χ0) is 13.5. The summed E-state index contributed by atoms with van der Waals surface area (Å²) in [5.74, 6) is 0. The average Bonchev–Trinajstić information content (AvgIpc) is 2.85. The smallest absolute Gasteiger partial charge is 0.0358 e. The van der Waals surface area contributed by atoms with Crippen LogP contribution in [0, 0.1) is 5.41 Å². The van der Waals surface area contributed by atoms with E-state index in [-0.39, 0.29) is 0 Å². The number of likely N-dealkylation sites (tertiary alicyclic amines) is 1. The Hall–Kier alpha value is -0.120. The Labute approximate surface area is 118 Å². The molecule has 19 heavy (non-hydrogen) atoms. The van der Waals surface area contributed by atoms with E-state index in [0.29, 0.717) is 11.0 Å². The fourth-order valence-corrected chi connectivity index (χ4v) is 4.50. The van der Waals surface area contributed by atoms with E-state index in [0.717, 1.165) is 12.6 Å². The predicted molar refractivity (Wildman–Crippen MR) is 80.2 cm³/mol. The van der Waals surface area contributed by atoms with Gasteiger partial charge < -0.3 is 10.6 Å². The van der Waals surface area contributed by atoms with E-state index >= 15 is 0 Å². The minimum Gasteiger partial charge on any atom is -0.329 e. The van der Waals surface area contributed by atoms with Crippen LogP contribution in [0.4, 0.5) is 0 Å². The predicted octanol–water partition coefficient (Wildman–Crippen LogP) is 2.06. The lowest BCUT2D eigenvalue weighted by Crippen LogP contribution is -2.62. The molecular formula is C16H31N3. The quantitative estimate of drug-likeness (QED) is 0.829. The van der Waals surface area contributed by atoms with Gasteiger partial charge in [-0.3, -0.25) is 4.90 Å². The van der Waals surface area contributed by atoms with Gasteiger partial charge in [-0.05, 0) is 63.6 Å². The van der Waals surface area contributed by atoms with Crippen LogP contribution in [0.5, 0.6) is 0 Å². The summed E-state index contributed by atoms with van der Waals surface area (Å²) in [6.07, 6.45) is 8.09. The summed E-state index contributed by atoms with van der Waals surface area (Å²) in [6.45, 7) is 10.8. The molecule has 3 saturated heterocycles. The van der Waals surface area contributed by atoms with Crippen LogP contribution in [0.1, 0.15) is 52.4 Å². The summed E-state index contributed by atoms with van der Waals surface area (Å²) in [6, 6.07) is 0.826. The monoisotopic (exact) mass is 265 g/mol. The fraction of sp³-hybridized carbons (Fsp3) is 1.00. The van der Waals surface area contributed by atoms with Gasteiger partial charge in [0, 0.05) is 24.7 Å². The molecule has 0 aromatic heterocycles. The van der Waals surface area contributed by atoms with E-state index in [4.69, 9.17) is 5.73 Å². The zero-order valence-electron chi connectivity index (χ0n) is 12.8. The van der Waals surface area contributed by atoms with Crippen LogP contribution in [0.25, 0.3) is 0 Å². The number of nitrogens with two attached hydrogens (primary N) is 1. The third-order valence-electron chi connectivity index (χ3n) is 6.15. The van der Waals surface area contributed by atoms with Crippen molar-refractivity contribution in [2.45, 2.75) is 64.0 Å². The Kier molecular flexibility index (Phi) is 3.65. The molecule has 3 rings (SSSR count). The van der Waals surface area contributed by atoms with Crippen molar-refractivity contribution < 1.29 is 0 Å². The number of nitrogens with zero attached hydrogens (tertiary/aromatic N) is 2.